The second-order valence-corrected chi connectivity index (χ2v) is 5.35. The van der Waals surface area contributed by atoms with Crippen molar-refractivity contribution in [1.29, 1.82) is 0 Å². The van der Waals surface area contributed by atoms with Crippen molar-refractivity contribution < 1.29 is 4.79 Å². The molecule has 0 aromatic heterocycles. The van der Waals surface area contributed by atoms with E-state index < -0.39 is 0 Å². The van der Waals surface area contributed by atoms with Crippen LogP contribution in [0.25, 0.3) is 10.8 Å². The SMILES string of the molecule is O=C(C=CCCc1ccccc1)c1ccc2ccccc2c1. The van der Waals surface area contributed by atoms with Gasteiger partial charge in [0.2, 0.25) is 0 Å². The van der Waals surface area contributed by atoms with Gasteiger partial charge in [0.25, 0.3) is 0 Å². The molecule has 0 saturated carbocycles. The molecule has 3 aromatic carbocycles. The van der Waals surface area contributed by atoms with Crippen LogP contribution in [-0.2, 0) is 6.42 Å². The summed E-state index contributed by atoms with van der Waals surface area (Å²) in [6.07, 6.45) is 5.49. The standard InChI is InChI=1S/C21H18O/c22-21(13-7-4-10-17-8-2-1-3-9-17)20-15-14-18-11-5-6-12-19(18)16-20/h1-3,5-9,11-16H,4,10H2. The van der Waals surface area contributed by atoms with Crippen molar-refractivity contribution >= 4 is 16.6 Å². The third-order valence-corrected chi connectivity index (χ3v) is 3.75. The first-order valence-corrected chi connectivity index (χ1v) is 7.56. The average Bonchev–Trinajstić information content (AvgIpc) is 2.59. The highest BCUT2D eigenvalue weighted by molar-refractivity contribution is 6.06. The largest absolute Gasteiger partial charge is 0.289 e. The monoisotopic (exact) mass is 286 g/mol. The summed E-state index contributed by atoms with van der Waals surface area (Å²) >= 11 is 0. The van der Waals surface area contributed by atoms with Gasteiger partial charge in [-0.15, -0.1) is 0 Å². The van der Waals surface area contributed by atoms with Crippen LogP contribution in [0.3, 0.4) is 0 Å². The Balaban J connectivity index is 1.64. The van der Waals surface area contributed by atoms with E-state index in [1.165, 1.54) is 5.56 Å². The van der Waals surface area contributed by atoms with E-state index in [9.17, 15) is 4.79 Å². The summed E-state index contributed by atoms with van der Waals surface area (Å²) in [4.78, 5) is 12.2. The van der Waals surface area contributed by atoms with E-state index in [-0.39, 0.29) is 5.78 Å². The first-order valence-electron chi connectivity index (χ1n) is 7.56. The molecule has 0 bridgehead atoms. The molecule has 0 aliphatic rings. The van der Waals surface area contributed by atoms with E-state index in [2.05, 4.69) is 18.2 Å². The van der Waals surface area contributed by atoms with Crippen LogP contribution in [-0.4, -0.2) is 5.78 Å². The Kier molecular flexibility index (Phi) is 4.45. The molecule has 3 aromatic rings. The maximum Gasteiger partial charge on any atom is 0.185 e. The smallest absolute Gasteiger partial charge is 0.185 e. The van der Waals surface area contributed by atoms with E-state index in [4.69, 9.17) is 0 Å². The highest BCUT2D eigenvalue weighted by Crippen LogP contribution is 2.16. The molecule has 0 saturated heterocycles. The Hall–Kier alpha value is -2.67. The first kappa shape index (κ1) is 14.3. The molecule has 3 rings (SSSR count). The number of hydrogen-bond acceptors (Lipinski definition) is 1. The summed E-state index contributed by atoms with van der Waals surface area (Å²) in [6, 6.07) is 24.3. The van der Waals surface area contributed by atoms with E-state index >= 15 is 0 Å². The predicted octanol–water partition coefficient (Wildman–Crippen LogP) is 5.21. The van der Waals surface area contributed by atoms with Gasteiger partial charge in [0.05, 0.1) is 0 Å². The maximum absolute atomic E-state index is 12.2. The maximum atomic E-state index is 12.2. The minimum absolute atomic E-state index is 0.0683. The average molecular weight is 286 g/mol. The first-order chi connectivity index (χ1) is 10.8. The third kappa shape index (κ3) is 3.50. The molecule has 0 radical (unpaired) electrons. The van der Waals surface area contributed by atoms with E-state index in [0.717, 1.165) is 29.2 Å². The summed E-state index contributed by atoms with van der Waals surface area (Å²) < 4.78 is 0. The van der Waals surface area contributed by atoms with Crippen molar-refractivity contribution in [2.75, 3.05) is 0 Å². The molecule has 0 unspecified atom stereocenters. The summed E-state index contributed by atoms with van der Waals surface area (Å²) in [6.45, 7) is 0. The van der Waals surface area contributed by atoms with Gasteiger partial charge in [-0.05, 0) is 41.3 Å². The van der Waals surface area contributed by atoms with Crippen LogP contribution in [0.5, 0.6) is 0 Å². The minimum Gasteiger partial charge on any atom is -0.289 e. The molecule has 22 heavy (non-hydrogen) atoms. The fourth-order valence-corrected chi connectivity index (χ4v) is 2.52. The lowest BCUT2D eigenvalue weighted by Crippen LogP contribution is -1.94. The molecule has 1 heteroatoms. The van der Waals surface area contributed by atoms with E-state index in [1.807, 2.05) is 60.7 Å². The number of aryl methyl sites for hydroxylation is 1. The molecule has 0 spiro atoms. The number of rotatable bonds is 5. The number of hydrogen-bond donors (Lipinski definition) is 0. The topological polar surface area (TPSA) is 17.1 Å². The van der Waals surface area contributed by atoms with Gasteiger partial charge in [-0.2, -0.15) is 0 Å². The van der Waals surface area contributed by atoms with Gasteiger partial charge in [-0.3, -0.25) is 4.79 Å². The quantitative estimate of drug-likeness (QED) is 0.464. The zero-order chi connectivity index (χ0) is 15.2. The number of carbonyl (C=O) groups excluding carboxylic acids is 1. The molecule has 0 amide bonds. The zero-order valence-electron chi connectivity index (χ0n) is 12.4. The van der Waals surface area contributed by atoms with Crippen LogP contribution in [0, 0.1) is 0 Å². The fraction of sp³-hybridized carbons (Fsp3) is 0.0952. The van der Waals surface area contributed by atoms with Gasteiger partial charge in [0.1, 0.15) is 0 Å². The van der Waals surface area contributed by atoms with Crippen LogP contribution >= 0.6 is 0 Å². The molecule has 0 N–H and O–H groups in total. The van der Waals surface area contributed by atoms with Crippen LogP contribution in [0.4, 0.5) is 0 Å². The fourth-order valence-electron chi connectivity index (χ4n) is 2.52. The molecule has 0 aliphatic carbocycles. The molecule has 0 fully saturated rings. The molecule has 0 heterocycles. The minimum atomic E-state index is 0.0683. The van der Waals surface area contributed by atoms with Crippen molar-refractivity contribution in [2.24, 2.45) is 0 Å². The Morgan fingerprint density at radius 1 is 0.818 bits per heavy atom. The Morgan fingerprint density at radius 2 is 1.55 bits per heavy atom. The van der Waals surface area contributed by atoms with Crippen LogP contribution in [0.2, 0.25) is 0 Å². The van der Waals surface area contributed by atoms with Crippen molar-refractivity contribution in [3.05, 3.63) is 96.1 Å². The molecule has 0 atom stereocenters. The molecule has 0 aliphatic heterocycles. The van der Waals surface area contributed by atoms with Gasteiger partial charge >= 0.3 is 0 Å². The lowest BCUT2D eigenvalue weighted by Gasteiger charge is -2.00. The van der Waals surface area contributed by atoms with Gasteiger partial charge in [-0.1, -0.05) is 72.8 Å². The number of ketones is 1. The Bertz CT molecular complexity index is 800. The second-order valence-electron chi connectivity index (χ2n) is 5.35. The summed E-state index contributed by atoms with van der Waals surface area (Å²) in [5.74, 6) is 0.0683. The van der Waals surface area contributed by atoms with Crippen molar-refractivity contribution in [3.8, 4) is 0 Å². The lowest BCUT2D eigenvalue weighted by atomic mass is 10.0. The highest BCUT2D eigenvalue weighted by atomic mass is 16.1. The Labute approximate surface area is 130 Å². The van der Waals surface area contributed by atoms with Crippen LogP contribution in [0.1, 0.15) is 22.3 Å². The van der Waals surface area contributed by atoms with Crippen molar-refractivity contribution in [3.63, 3.8) is 0 Å². The normalized spacial score (nSPS) is 11.1. The van der Waals surface area contributed by atoms with Gasteiger partial charge in [0.15, 0.2) is 5.78 Å². The van der Waals surface area contributed by atoms with Crippen molar-refractivity contribution in [1.82, 2.24) is 0 Å². The number of carbonyl (C=O) groups is 1. The molecular formula is C21H18O. The zero-order valence-corrected chi connectivity index (χ0v) is 12.4. The number of benzene rings is 3. The lowest BCUT2D eigenvalue weighted by molar-refractivity contribution is 0.104. The van der Waals surface area contributed by atoms with Crippen molar-refractivity contribution in [2.45, 2.75) is 12.8 Å². The molecule has 108 valence electrons. The third-order valence-electron chi connectivity index (χ3n) is 3.75. The van der Waals surface area contributed by atoms with Gasteiger partial charge < -0.3 is 0 Å². The van der Waals surface area contributed by atoms with Gasteiger partial charge in [-0.25, -0.2) is 0 Å². The summed E-state index contributed by atoms with van der Waals surface area (Å²) in [7, 11) is 0. The summed E-state index contributed by atoms with van der Waals surface area (Å²) in [5.41, 5.74) is 2.04. The number of allylic oxidation sites excluding steroid dienone is 2. The second kappa shape index (κ2) is 6.86. The van der Waals surface area contributed by atoms with Gasteiger partial charge in [0, 0.05) is 5.56 Å². The highest BCUT2D eigenvalue weighted by Gasteiger charge is 2.02. The predicted molar refractivity (Wildman–Crippen MR) is 92.2 cm³/mol. The van der Waals surface area contributed by atoms with Crippen LogP contribution < -0.4 is 0 Å². The molecular weight excluding hydrogens is 268 g/mol. The molecule has 1 nitrogen and oxygen atoms in total. The number of fused-ring (bicyclic) bond motifs is 1. The Morgan fingerprint density at radius 3 is 2.36 bits per heavy atom. The van der Waals surface area contributed by atoms with E-state index in [0.29, 0.717) is 0 Å². The van der Waals surface area contributed by atoms with Crippen LogP contribution in [0.15, 0.2) is 84.9 Å². The summed E-state index contributed by atoms with van der Waals surface area (Å²) in [5, 5.41) is 2.26. The van der Waals surface area contributed by atoms with E-state index in [1.54, 1.807) is 6.08 Å².